The topological polar surface area (TPSA) is 84.9 Å². The fourth-order valence-corrected chi connectivity index (χ4v) is 2.93. The van der Waals surface area contributed by atoms with E-state index in [0.29, 0.717) is 25.6 Å². The zero-order valence-electron chi connectivity index (χ0n) is 15.0. The van der Waals surface area contributed by atoms with Crippen LogP contribution in [0.25, 0.3) is 0 Å². The van der Waals surface area contributed by atoms with Crippen molar-refractivity contribution in [1.29, 1.82) is 0 Å². The molecule has 1 aliphatic rings. The molecule has 0 saturated carbocycles. The van der Waals surface area contributed by atoms with Crippen LogP contribution in [-0.2, 0) is 14.3 Å². The van der Waals surface area contributed by atoms with E-state index in [4.69, 9.17) is 9.47 Å². The Labute approximate surface area is 138 Å². The first-order chi connectivity index (χ1) is 10.6. The Balaban J connectivity index is 2.78. The average molecular weight is 329 g/mol. The van der Waals surface area contributed by atoms with Crippen molar-refractivity contribution >= 4 is 12.1 Å². The van der Waals surface area contributed by atoms with Crippen LogP contribution in [0.5, 0.6) is 0 Å². The number of ether oxygens (including phenoxy) is 2. The van der Waals surface area contributed by atoms with Gasteiger partial charge in [0.2, 0.25) is 0 Å². The Hall–Kier alpha value is -1.30. The van der Waals surface area contributed by atoms with Gasteiger partial charge in [0, 0.05) is 19.8 Å². The Morgan fingerprint density at radius 2 is 1.83 bits per heavy atom. The monoisotopic (exact) mass is 329 g/mol. The second kappa shape index (κ2) is 7.99. The molecule has 1 amide bonds. The summed E-state index contributed by atoms with van der Waals surface area (Å²) >= 11 is 0. The van der Waals surface area contributed by atoms with Gasteiger partial charge in [-0.15, -0.1) is 0 Å². The SMILES string of the molecule is CC(C)C(CNC(=O)OC(C)(C)C)(CC1CCOCC1)C(=O)O. The molecule has 0 radical (unpaired) electrons. The van der Waals surface area contributed by atoms with E-state index in [1.165, 1.54) is 0 Å². The van der Waals surface area contributed by atoms with E-state index >= 15 is 0 Å². The van der Waals surface area contributed by atoms with Gasteiger partial charge in [-0.3, -0.25) is 4.79 Å². The molecule has 1 saturated heterocycles. The maximum atomic E-state index is 12.0. The maximum Gasteiger partial charge on any atom is 0.407 e. The Kier molecular flexibility index (Phi) is 6.86. The summed E-state index contributed by atoms with van der Waals surface area (Å²) in [6, 6.07) is 0. The highest BCUT2D eigenvalue weighted by Crippen LogP contribution is 2.38. The quantitative estimate of drug-likeness (QED) is 0.782. The largest absolute Gasteiger partial charge is 0.481 e. The molecule has 0 aromatic rings. The Morgan fingerprint density at radius 1 is 1.26 bits per heavy atom. The fourth-order valence-electron chi connectivity index (χ4n) is 2.93. The number of carbonyl (C=O) groups is 2. The Bertz CT molecular complexity index is 410. The minimum Gasteiger partial charge on any atom is -0.481 e. The van der Waals surface area contributed by atoms with Gasteiger partial charge in [0.05, 0.1) is 5.41 Å². The van der Waals surface area contributed by atoms with Crippen LogP contribution in [0.2, 0.25) is 0 Å². The molecule has 1 rings (SSSR count). The standard InChI is InChI=1S/C17H31NO5/c1-12(2)17(14(19)20,10-13-6-8-22-9-7-13)11-18-15(21)23-16(3,4)5/h12-13H,6-11H2,1-5H3,(H,18,21)(H,19,20). The van der Waals surface area contributed by atoms with E-state index < -0.39 is 23.1 Å². The molecular formula is C17H31NO5. The van der Waals surface area contributed by atoms with Crippen LogP contribution >= 0.6 is 0 Å². The van der Waals surface area contributed by atoms with Gasteiger partial charge in [0.15, 0.2) is 0 Å². The number of carboxylic acids is 1. The van der Waals surface area contributed by atoms with Gasteiger partial charge in [-0.05, 0) is 51.9 Å². The normalized spacial score (nSPS) is 19.2. The molecule has 0 aromatic heterocycles. The van der Waals surface area contributed by atoms with Gasteiger partial charge in [0.1, 0.15) is 5.60 Å². The van der Waals surface area contributed by atoms with Gasteiger partial charge in [-0.25, -0.2) is 4.79 Å². The summed E-state index contributed by atoms with van der Waals surface area (Å²) < 4.78 is 10.6. The molecular weight excluding hydrogens is 298 g/mol. The van der Waals surface area contributed by atoms with Crippen molar-refractivity contribution in [2.24, 2.45) is 17.3 Å². The summed E-state index contributed by atoms with van der Waals surface area (Å²) in [5, 5.41) is 12.5. The zero-order valence-corrected chi connectivity index (χ0v) is 15.0. The second-order valence-electron chi connectivity index (χ2n) is 7.73. The first-order valence-corrected chi connectivity index (χ1v) is 8.35. The van der Waals surface area contributed by atoms with Gasteiger partial charge in [-0.2, -0.15) is 0 Å². The fraction of sp³-hybridized carbons (Fsp3) is 0.882. The number of aliphatic carboxylic acids is 1. The van der Waals surface area contributed by atoms with Crippen molar-refractivity contribution in [3.05, 3.63) is 0 Å². The molecule has 1 fully saturated rings. The lowest BCUT2D eigenvalue weighted by molar-refractivity contribution is -0.153. The van der Waals surface area contributed by atoms with Gasteiger partial charge in [-0.1, -0.05) is 13.8 Å². The summed E-state index contributed by atoms with van der Waals surface area (Å²) in [5.41, 5.74) is -1.59. The molecule has 6 heteroatoms. The lowest BCUT2D eigenvalue weighted by Gasteiger charge is -2.37. The third-order valence-electron chi connectivity index (χ3n) is 4.47. The molecule has 1 aliphatic heterocycles. The van der Waals surface area contributed by atoms with Crippen LogP contribution in [-0.4, -0.2) is 42.5 Å². The lowest BCUT2D eigenvalue weighted by Crippen LogP contribution is -2.49. The van der Waals surface area contributed by atoms with E-state index in [1.54, 1.807) is 20.8 Å². The number of hydrogen-bond acceptors (Lipinski definition) is 4. The van der Waals surface area contributed by atoms with E-state index in [2.05, 4.69) is 5.32 Å². The number of rotatable bonds is 6. The molecule has 6 nitrogen and oxygen atoms in total. The van der Waals surface area contributed by atoms with Gasteiger partial charge < -0.3 is 19.9 Å². The summed E-state index contributed by atoms with van der Waals surface area (Å²) in [5.74, 6) is -0.657. The predicted octanol–water partition coefficient (Wildman–Crippen LogP) is 3.05. The first-order valence-electron chi connectivity index (χ1n) is 8.35. The molecule has 0 bridgehead atoms. The molecule has 2 N–H and O–H groups in total. The highest BCUT2D eigenvalue weighted by atomic mass is 16.6. The molecule has 0 aromatic carbocycles. The second-order valence-corrected chi connectivity index (χ2v) is 7.73. The van der Waals surface area contributed by atoms with E-state index in [-0.39, 0.29) is 12.5 Å². The molecule has 134 valence electrons. The van der Waals surface area contributed by atoms with E-state index in [1.807, 2.05) is 13.8 Å². The van der Waals surface area contributed by atoms with Crippen LogP contribution in [0.4, 0.5) is 4.79 Å². The summed E-state index contributed by atoms with van der Waals surface area (Å²) in [4.78, 5) is 23.9. The van der Waals surface area contributed by atoms with Gasteiger partial charge >= 0.3 is 12.1 Å². The lowest BCUT2D eigenvalue weighted by atomic mass is 9.69. The van der Waals surface area contributed by atoms with Crippen LogP contribution in [0.3, 0.4) is 0 Å². The summed E-state index contributed by atoms with van der Waals surface area (Å²) in [7, 11) is 0. The molecule has 1 heterocycles. The number of amides is 1. The maximum absolute atomic E-state index is 12.0. The first kappa shape index (κ1) is 19.7. The van der Waals surface area contributed by atoms with Crippen LogP contribution in [0.1, 0.15) is 53.9 Å². The minimum absolute atomic E-state index is 0.0757. The number of alkyl carbamates (subject to hydrolysis) is 1. The van der Waals surface area contributed by atoms with Crippen molar-refractivity contribution in [1.82, 2.24) is 5.32 Å². The highest BCUT2D eigenvalue weighted by Gasteiger charge is 2.44. The van der Waals surface area contributed by atoms with Crippen molar-refractivity contribution in [2.45, 2.75) is 59.5 Å². The molecule has 23 heavy (non-hydrogen) atoms. The summed E-state index contributed by atoms with van der Waals surface area (Å²) in [6.07, 6.45) is 1.71. The van der Waals surface area contributed by atoms with Crippen molar-refractivity contribution < 1.29 is 24.2 Å². The molecule has 0 aliphatic carbocycles. The number of nitrogens with one attached hydrogen (secondary N) is 1. The van der Waals surface area contributed by atoms with Crippen molar-refractivity contribution in [3.8, 4) is 0 Å². The predicted molar refractivity (Wildman–Crippen MR) is 87.3 cm³/mol. The summed E-state index contributed by atoms with van der Waals surface area (Å²) in [6.45, 7) is 10.6. The van der Waals surface area contributed by atoms with Crippen molar-refractivity contribution in [2.75, 3.05) is 19.8 Å². The molecule has 1 atom stereocenters. The molecule has 1 unspecified atom stereocenters. The minimum atomic E-state index is -0.987. The van der Waals surface area contributed by atoms with Crippen molar-refractivity contribution in [3.63, 3.8) is 0 Å². The third kappa shape index (κ3) is 6.01. The van der Waals surface area contributed by atoms with Crippen LogP contribution in [0.15, 0.2) is 0 Å². The Morgan fingerprint density at radius 3 is 2.26 bits per heavy atom. The third-order valence-corrected chi connectivity index (χ3v) is 4.47. The van der Waals surface area contributed by atoms with Crippen LogP contribution < -0.4 is 5.32 Å². The van der Waals surface area contributed by atoms with Gasteiger partial charge in [0.25, 0.3) is 0 Å². The smallest absolute Gasteiger partial charge is 0.407 e. The van der Waals surface area contributed by atoms with Crippen LogP contribution in [0, 0.1) is 17.3 Å². The zero-order chi connectivity index (χ0) is 17.7. The molecule has 0 spiro atoms. The van der Waals surface area contributed by atoms with E-state index in [9.17, 15) is 14.7 Å². The van der Waals surface area contributed by atoms with E-state index in [0.717, 1.165) is 12.8 Å². The highest BCUT2D eigenvalue weighted by molar-refractivity contribution is 5.77. The number of carbonyl (C=O) groups excluding carboxylic acids is 1. The number of hydrogen-bond donors (Lipinski definition) is 2. The number of carboxylic acid groups (broad SMARTS) is 1. The average Bonchev–Trinajstić information content (AvgIpc) is 2.42.